The van der Waals surface area contributed by atoms with E-state index in [4.69, 9.17) is 4.74 Å². The number of hydrogen-bond acceptors (Lipinski definition) is 3. The number of likely N-dealkylation sites (N-methyl/N-ethyl adjacent to an activating group) is 1. The topological polar surface area (TPSA) is 32.8 Å². The maximum atomic E-state index is 12.2. The second-order valence-electron chi connectivity index (χ2n) is 7.85. The number of anilines is 1. The molecule has 0 N–H and O–H groups in total. The lowest BCUT2D eigenvalue weighted by Crippen LogP contribution is -2.42. The molecule has 1 unspecified atom stereocenters. The molecule has 1 atom stereocenters. The quantitative estimate of drug-likeness (QED) is 0.788. The average Bonchev–Trinajstić information content (AvgIpc) is 2.83. The number of hydrogen-bond donors (Lipinski definition) is 0. The normalized spacial score (nSPS) is 22.2. The van der Waals surface area contributed by atoms with Gasteiger partial charge in [0.25, 0.3) is 0 Å². The predicted molar refractivity (Wildman–Crippen MR) is 93.0 cm³/mol. The lowest BCUT2D eigenvalue weighted by molar-refractivity contribution is 0.0175. The number of likely N-dealkylation sites (tertiary alicyclic amines) is 1. The SMILES string of the molecule is CN1CC(C2CCN(C(=O)OC(C)(C)C)CC2)c2ccccc21. The van der Waals surface area contributed by atoms with Crippen molar-refractivity contribution in [1.29, 1.82) is 0 Å². The minimum Gasteiger partial charge on any atom is -0.444 e. The maximum absolute atomic E-state index is 12.2. The van der Waals surface area contributed by atoms with Crippen LogP contribution in [-0.4, -0.2) is 43.3 Å². The Morgan fingerprint density at radius 2 is 1.83 bits per heavy atom. The summed E-state index contributed by atoms with van der Waals surface area (Å²) in [6.45, 7) is 8.47. The number of amides is 1. The molecule has 1 aromatic rings. The number of ether oxygens (including phenoxy) is 1. The van der Waals surface area contributed by atoms with Crippen LogP contribution in [0.15, 0.2) is 24.3 Å². The fraction of sp³-hybridized carbons (Fsp3) is 0.632. The Morgan fingerprint density at radius 3 is 2.48 bits per heavy atom. The molecule has 0 bridgehead atoms. The molecule has 2 aliphatic heterocycles. The fourth-order valence-corrected chi connectivity index (χ4v) is 3.85. The van der Waals surface area contributed by atoms with E-state index >= 15 is 0 Å². The first-order chi connectivity index (χ1) is 10.8. The van der Waals surface area contributed by atoms with E-state index in [0.29, 0.717) is 11.8 Å². The molecule has 0 spiro atoms. The van der Waals surface area contributed by atoms with E-state index in [1.165, 1.54) is 11.3 Å². The third kappa shape index (κ3) is 3.46. The van der Waals surface area contributed by atoms with Gasteiger partial charge in [0.1, 0.15) is 5.60 Å². The number of carbonyl (C=O) groups is 1. The Hall–Kier alpha value is -1.71. The number of rotatable bonds is 1. The number of para-hydroxylation sites is 1. The monoisotopic (exact) mass is 316 g/mol. The first-order valence-electron chi connectivity index (χ1n) is 8.63. The van der Waals surface area contributed by atoms with Gasteiger partial charge in [-0.15, -0.1) is 0 Å². The van der Waals surface area contributed by atoms with E-state index < -0.39 is 5.60 Å². The van der Waals surface area contributed by atoms with E-state index in [9.17, 15) is 4.79 Å². The van der Waals surface area contributed by atoms with Gasteiger partial charge in [-0.25, -0.2) is 4.79 Å². The summed E-state index contributed by atoms with van der Waals surface area (Å²) in [7, 11) is 2.18. The van der Waals surface area contributed by atoms with Crippen LogP contribution in [0.2, 0.25) is 0 Å². The van der Waals surface area contributed by atoms with Crippen LogP contribution in [0.4, 0.5) is 10.5 Å². The van der Waals surface area contributed by atoms with Gasteiger partial charge in [-0.3, -0.25) is 0 Å². The van der Waals surface area contributed by atoms with Gasteiger partial charge in [0.15, 0.2) is 0 Å². The summed E-state index contributed by atoms with van der Waals surface area (Å²) in [4.78, 5) is 16.4. The largest absolute Gasteiger partial charge is 0.444 e. The lowest BCUT2D eigenvalue weighted by atomic mass is 9.81. The highest BCUT2D eigenvalue weighted by molar-refractivity contribution is 5.68. The Kier molecular flexibility index (Phi) is 4.26. The van der Waals surface area contributed by atoms with Gasteiger partial charge in [0.2, 0.25) is 0 Å². The first kappa shape index (κ1) is 16.2. The van der Waals surface area contributed by atoms with Crippen LogP contribution in [0.1, 0.15) is 45.1 Å². The number of fused-ring (bicyclic) bond motifs is 1. The highest BCUT2D eigenvalue weighted by atomic mass is 16.6. The molecule has 23 heavy (non-hydrogen) atoms. The van der Waals surface area contributed by atoms with Crippen molar-refractivity contribution in [3.05, 3.63) is 29.8 Å². The van der Waals surface area contributed by atoms with Crippen molar-refractivity contribution in [2.75, 3.05) is 31.6 Å². The summed E-state index contributed by atoms with van der Waals surface area (Å²) in [5.41, 5.74) is 2.43. The minimum atomic E-state index is -0.416. The van der Waals surface area contributed by atoms with Crippen molar-refractivity contribution >= 4 is 11.8 Å². The molecule has 1 aromatic carbocycles. The van der Waals surface area contributed by atoms with Gasteiger partial charge in [-0.05, 0) is 51.2 Å². The summed E-state index contributed by atoms with van der Waals surface area (Å²) in [5, 5.41) is 0. The summed E-state index contributed by atoms with van der Waals surface area (Å²) < 4.78 is 5.49. The van der Waals surface area contributed by atoms with Gasteiger partial charge in [0.05, 0.1) is 0 Å². The summed E-state index contributed by atoms with van der Waals surface area (Å²) in [6.07, 6.45) is 1.96. The Labute approximate surface area is 139 Å². The zero-order valence-electron chi connectivity index (χ0n) is 14.7. The van der Waals surface area contributed by atoms with Gasteiger partial charge < -0.3 is 14.5 Å². The molecule has 0 radical (unpaired) electrons. The predicted octanol–water partition coefficient (Wildman–Crippen LogP) is 3.87. The number of benzene rings is 1. The molecule has 0 aliphatic carbocycles. The van der Waals surface area contributed by atoms with Gasteiger partial charge in [-0.2, -0.15) is 0 Å². The second-order valence-corrected chi connectivity index (χ2v) is 7.85. The van der Waals surface area contributed by atoms with E-state index in [1.807, 2.05) is 25.7 Å². The second kappa shape index (κ2) is 6.06. The molecular weight excluding hydrogens is 288 g/mol. The van der Waals surface area contributed by atoms with Gasteiger partial charge in [-0.1, -0.05) is 18.2 Å². The average molecular weight is 316 g/mol. The Morgan fingerprint density at radius 1 is 1.17 bits per heavy atom. The smallest absolute Gasteiger partial charge is 0.410 e. The Balaban J connectivity index is 1.61. The van der Waals surface area contributed by atoms with Gasteiger partial charge >= 0.3 is 6.09 Å². The molecule has 1 amide bonds. The standard InChI is InChI=1S/C19H28N2O2/c1-19(2,3)23-18(22)21-11-9-14(10-12-21)16-13-20(4)17-8-6-5-7-15(16)17/h5-8,14,16H,9-13H2,1-4H3. The van der Waals surface area contributed by atoms with Crippen molar-refractivity contribution in [2.45, 2.75) is 45.1 Å². The molecule has 4 heteroatoms. The third-order valence-corrected chi connectivity index (χ3v) is 4.98. The minimum absolute atomic E-state index is 0.167. The van der Waals surface area contributed by atoms with E-state index in [2.05, 4.69) is 36.2 Å². The zero-order chi connectivity index (χ0) is 16.6. The molecule has 1 saturated heterocycles. The third-order valence-electron chi connectivity index (χ3n) is 4.98. The molecule has 2 heterocycles. The van der Waals surface area contributed by atoms with Crippen molar-refractivity contribution in [3.8, 4) is 0 Å². The van der Waals surface area contributed by atoms with E-state index in [0.717, 1.165) is 32.5 Å². The van der Waals surface area contributed by atoms with Crippen LogP contribution in [0.25, 0.3) is 0 Å². The summed E-state index contributed by atoms with van der Waals surface area (Å²) in [5.74, 6) is 1.25. The first-order valence-corrected chi connectivity index (χ1v) is 8.63. The fourth-order valence-electron chi connectivity index (χ4n) is 3.85. The summed E-state index contributed by atoms with van der Waals surface area (Å²) in [6, 6.07) is 8.73. The summed E-state index contributed by atoms with van der Waals surface area (Å²) >= 11 is 0. The molecule has 4 nitrogen and oxygen atoms in total. The van der Waals surface area contributed by atoms with Crippen LogP contribution < -0.4 is 4.90 Å². The molecule has 126 valence electrons. The van der Waals surface area contributed by atoms with Crippen LogP contribution >= 0.6 is 0 Å². The van der Waals surface area contributed by atoms with Crippen molar-refractivity contribution in [1.82, 2.24) is 4.90 Å². The highest BCUT2D eigenvalue weighted by Gasteiger charge is 2.35. The van der Waals surface area contributed by atoms with E-state index in [-0.39, 0.29) is 6.09 Å². The number of piperidine rings is 1. The molecule has 2 aliphatic rings. The van der Waals surface area contributed by atoms with Crippen LogP contribution in [0.5, 0.6) is 0 Å². The Bertz CT molecular complexity index is 571. The molecule has 3 rings (SSSR count). The van der Waals surface area contributed by atoms with Crippen LogP contribution in [-0.2, 0) is 4.74 Å². The number of carbonyl (C=O) groups excluding carboxylic acids is 1. The zero-order valence-corrected chi connectivity index (χ0v) is 14.7. The van der Waals surface area contributed by atoms with Crippen molar-refractivity contribution in [3.63, 3.8) is 0 Å². The lowest BCUT2D eigenvalue weighted by Gasteiger charge is -2.35. The van der Waals surface area contributed by atoms with Crippen LogP contribution in [0, 0.1) is 5.92 Å². The van der Waals surface area contributed by atoms with Crippen LogP contribution in [0.3, 0.4) is 0 Å². The maximum Gasteiger partial charge on any atom is 0.410 e. The van der Waals surface area contributed by atoms with E-state index in [1.54, 1.807) is 0 Å². The number of nitrogens with zero attached hydrogens (tertiary/aromatic N) is 2. The molecule has 0 saturated carbocycles. The molecule has 1 fully saturated rings. The van der Waals surface area contributed by atoms with Crippen molar-refractivity contribution in [2.24, 2.45) is 5.92 Å². The molecular formula is C19H28N2O2. The van der Waals surface area contributed by atoms with Crippen molar-refractivity contribution < 1.29 is 9.53 Å². The molecule has 0 aromatic heterocycles. The highest BCUT2D eigenvalue weighted by Crippen LogP contribution is 2.42. The van der Waals surface area contributed by atoms with Gasteiger partial charge in [0, 0.05) is 38.3 Å².